The molecule has 1 aromatic carbocycles. The Labute approximate surface area is 179 Å². The number of piperazine rings is 1. The fourth-order valence-corrected chi connectivity index (χ4v) is 4.24. The van der Waals surface area contributed by atoms with Crippen LogP contribution in [0, 0.1) is 11.3 Å². The van der Waals surface area contributed by atoms with Crippen LogP contribution in [0.25, 0.3) is 0 Å². The van der Waals surface area contributed by atoms with Crippen molar-refractivity contribution in [3.8, 4) is 0 Å². The second kappa shape index (κ2) is 9.84. The van der Waals surface area contributed by atoms with Crippen LogP contribution in [-0.2, 0) is 9.59 Å². The summed E-state index contributed by atoms with van der Waals surface area (Å²) in [5.41, 5.74) is 1.30. The summed E-state index contributed by atoms with van der Waals surface area (Å²) in [5.74, 6) is 1.29. The smallest absolute Gasteiger partial charge is 0.231 e. The SMILES string of the molecule is CC(C)(CCl)C(=O)Nc1ccc(N2CCN(C(=O)CCC3CCCC3)CC2)cc1. The lowest BCUT2D eigenvalue weighted by atomic mass is 9.95. The number of hydrogen-bond acceptors (Lipinski definition) is 3. The minimum atomic E-state index is -0.596. The molecular formula is C23H34ClN3O2. The lowest BCUT2D eigenvalue weighted by molar-refractivity contribution is -0.131. The summed E-state index contributed by atoms with van der Waals surface area (Å²) in [4.78, 5) is 29.1. The van der Waals surface area contributed by atoms with Crippen molar-refractivity contribution in [1.29, 1.82) is 0 Å². The molecule has 3 rings (SSSR count). The molecule has 29 heavy (non-hydrogen) atoms. The number of benzene rings is 1. The van der Waals surface area contributed by atoms with Gasteiger partial charge in [-0.3, -0.25) is 9.59 Å². The lowest BCUT2D eigenvalue weighted by Crippen LogP contribution is -2.48. The third kappa shape index (κ3) is 5.88. The van der Waals surface area contributed by atoms with Gasteiger partial charge in [0, 0.05) is 49.9 Å². The zero-order chi connectivity index (χ0) is 20.9. The molecule has 1 saturated heterocycles. The molecule has 0 bridgehead atoms. The second-order valence-corrected chi connectivity index (χ2v) is 9.34. The van der Waals surface area contributed by atoms with Gasteiger partial charge in [-0.15, -0.1) is 11.6 Å². The van der Waals surface area contributed by atoms with Crippen LogP contribution in [0.2, 0.25) is 0 Å². The first-order valence-corrected chi connectivity index (χ1v) is 11.4. The molecule has 2 amide bonds. The average Bonchev–Trinajstić information content (AvgIpc) is 3.26. The Morgan fingerprint density at radius 3 is 2.28 bits per heavy atom. The molecule has 0 unspecified atom stereocenters. The van der Waals surface area contributed by atoms with Gasteiger partial charge in [0.15, 0.2) is 0 Å². The summed E-state index contributed by atoms with van der Waals surface area (Å²) in [7, 11) is 0. The van der Waals surface area contributed by atoms with Crippen LogP contribution in [0.15, 0.2) is 24.3 Å². The Balaban J connectivity index is 1.45. The Kier molecular flexibility index (Phi) is 7.44. The first-order chi connectivity index (χ1) is 13.9. The number of rotatable bonds is 7. The van der Waals surface area contributed by atoms with Gasteiger partial charge in [-0.1, -0.05) is 25.7 Å². The maximum absolute atomic E-state index is 12.5. The van der Waals surface area contributed by atoms with E-state index in [-0.39, 0.29) is 11.8 Å². The van der Waals surface area contributed by atoms with Crippen LogP contribution in [0.1, 0.15) is 52.4 Å². The lowest BCUT2D eigenvalue weighted by Gasteiger charge is -2.36. The van der Waals surface area contributed by atoms with Crippen molar-refractivity contribution in [3.63, 3.8) is 0 Å². The van der Waals surface area contributed by atoms with Crippen molar-refractivity contribution in [2.45, 2.75) is 52.4 Å². The molecule has 1 aliphatic carbocycles. The van der Waals surface area contributed by atoms with Crippen LogP contribution in [-0.4, -0.2) is 48.8 Å². The monoisotopic (exact) mass is 419 g/mol. The predicted molar refractivity (Wildman–Crippen MR) is 120 cm³/mol. The molecule has 1 aliphatic heterocycles. The van der Waals surface area contributed by atoms with Gasteiger partial charge in [-0.05, 0) is 50.5 Å². The number of nitrogens with one attached hydrogen (secondary N) is 1. The highest BCUT2D eigenvalue weighted by Gasteiger charge is 2.27. The van der Waals surface area contributed by atoms with Crippen molar-refractivity contribution in [2.24, 2.45) is 11.3 Å². The van der Waals surface area contributed by atoms with Gasteiger partial charge in [0.05, 0.1) is 5.41 Å². The van der Waals surface area contributed by atoms with Gasteiger partial charge in [0.2, 0.25) is 11.8 Å². The molecule has 0 spiro atoms. The van der Waals surface area contributed by atoms with Gasteiger partial charge >= 0.3 is 0 Å². The fourth-order valence-electron chi connectivity index (χ4n) is 4.12. The number of amides is 2. The molecule has 0 aromatic heterocycles. The van der Waals surface area contributed by atoms with Crippen molar-refractivity contribution >= 4 is 34.8 Å². The highest BCUT2D eigenvalue weighted by atomic mass is 35.5. The summed E-state index contributed by atoms with van der Waals surface area (Å²) in [6.45, 7) is 6.93. The van der Waals surface area contributed by atoms with Crippen molar-refractivity contribution < 1.29 is 9.59 Å². The Hall–Kier alpha value is -1.75. The van der Waals surface area contributed by atoms with E-state index in [0.717, 1.165) is 49.9 Å². The third-order valence-electron chi connectivity index (χ3n) is 6.31. The van der Waals surface area contributed by atoms with E-state index in [1.807, 2.05) is 43.0 Å². The fraction of sp³-hybridized carbons (Fsp3) is 0.652. The highest BCUT2D eigenvalue weighted by molar-refractivity contribution is 6.20. The first kappa shape index (κ1) is 21.9. The number of anilines is 2. The van der Waals surface area contributed by atoms with Gasteiger partial charge < -0.3 is 15.1 Å². The summed E-state index contributed by atoms with van der Waals surface area (Å²) in [6, 6.07) is 7.91. The minimum absolute atomic E-state index is 0.0787. The molecule has 160 valence electrons. The summed E-state index contributed by atoms with van der Waals surface area (Å²) in [6.07, 6.45) is 7.06. The normalized spacial score (nSPS) is 18.2. The van der Waals surface area contributed by atoms with E-state index in [1.54, 1.807) is 0 Å². The Morgan fingerprint density at radius 2 is 1.69 bits per heavy atom. The maximum Gasteiger partial charge on any atom is 0.231 e. The topological polar surface area (TPSA) is 52.7 Å². The summed E-state index contributed by atoms with van der Waals surface area (Å²) in [5, 5.41) is 2.93. The number of nitrogens with zero attached hydrogens (tertiary/aromatic N) is 2. The number of hydrogen-bond donors (Lipinski definition) is 1. The van der Waals surface area contributed by atoms with Crippen LogP contribution < -0.4 is 10.2 Å². The third-order valence-corrected chi connectivity index (χ3v) is 6.98. The van der Waals surface area contributed by atoms with Gasteiger partial charge in [0.1, 0.15) is 0 Å². The first-order valence-electron chi connectivity index (χ1n) is 10.9. The molecule has 1 heterocycles. The quantitative estimate of drug-likeness (QED) is 0.661. The maximum atomic E-state index is 12.5. The van der Waals surface area contributed by atoms with Gasteiger partial charge in [0.25, 0.3) is 0 Å². The molecule has 6 heteroatoms. The zero-order valence-corrected chi connectivity index (χ0v) is 18.5. The number of carbonyl (C=O) groups is 2. The van der Waals surface area contributed by atoms with E-state index in [4.69, 9.17) is 11.6 Å². The predicted octanol–water partition coefficient (Wildman–Crippen LogP) is 4.51. The standard InChI is InChI=1S/C23H34ClN3O2/c1-23(2,17-24)22(29)25-19-8-10-20(11-9-19)26-13-15-27(16-14-26)21(28)12-7-18-5-3-4-6-18/h8-11,18H,3-7,12-17H2,1-2H3,(H,25,29). The van der Waals surface area contributed by atoms with E-state index in [9.17, 15) is 9.59 Å². The molecule has 2 aliphatic rings. The molecule has 1 saturated carbocycles. The molecule has 0 atom stereocenters. The number of alkyl halides is 1. The molecule has 5 nitrogen and oxygen atoms in total. The van der Waals surface area contributed by atoms with E-state index in [2.05, 4.69) is 10.2 Å². The summed E-state index contributed by atoms with van der Waals surface area (Å²) >= 11 is 5.87. The molecule has 0 radical (unpaired) electrons. The van der Waals surface area contributed by atoms with E-state index in [0.29, 0.717) is 12.3 Å². The van der Waals surface area contributed by atoms with Crippen LogP contribution >= 0.6 is 11.6 Å². The van der Waals surface area contributed by atoms with Crippen LogP contribution in [0.3, 0.4) is 0 Å². The Bertz CT molecular complexity index is 691. The summed E-state index contributed by atoms with van der Waals surface area (Å²) < 4.78 is 0. The zero-order valence-electron chi connectivity index (χ0n) is 17.8. The van der Waals surface area contributed by atoms with E-state index in [1.165, 1.54) is 25.7 Å². The highest BCUT2D eigenvalue weighted by Crippen LogP contribution is 2.29. The second-order valence-electron chi connectivity index (χ2n) is 9.08. The Morgan fingerprint density at radius 1 is 1.07 bits per heavy atom. The van der Waals surface area contributed by atoms with Crippen molar-refractivity contribution in [1.82, 2.24) is 4.90 Å². The molecular weight excluding hydrogens is 386 g/mol. The van der Waals surface area contributed by atoms with Crippen molar-refractivity contribution in [3.05, 3.63) is 24.3 Å². The van der Waals surface area contributed by atoms with Crippen molar-refractivity contribution in [2.75, 3.05) is 42.3 Å². The van der Waals surface area contributed by atoms with E-state index < -0.39 is 5.41 Å². The minimum Gasteiger partial charge on any atom is -0.368 e. The van der Waals surface area contributed by atoms with Crippen LogP contribution in [0.4, 0.5) is 11.4 Å². The molecule has 1 N–H and O–H groups in total. The largest absolute Gasteiger partial charge is 0.368 e. The average molecular weight is 420 g/mol. The van der Waals surface area contributed by atoms with Crippen LogP contribution in [0.5, 0.6) is 0 Å². The van der Waals surface area contributed by atoms with Gasteiger partial charge in [-0.25, -0.2) is 0 Å². The van der Waals surface area contributed by atoms with Gasteiger partial charge in [-0.2, -0.15) is 0 Å². The number of halogens is 1. The molecule has 2 fully saturated rings. The molecule has 1 aromatic rings. The van der Waals surface area contributed by atoms with E-state index >= 15 is 0 Å². The number of carbonyl (C=O) groups excluding carboxylic acids is 2.